The van der Waals surface area contributed by atoms with Gasteiger partial charge in [0.25, 0.3) is 0 Å². The number of ether oxygens (including phenoxy) is 7. The second kappa shape index (κ2) is 12.3. The summed E-state index contributed by atoms with van der Waals surface area (Å²) in [6, 6.07) is 2.90. The first-order valence-corrected chi connectivity index (χ1v) is 11.0. The van der Waals surface area contributed by atoms with Crippen molar-refractivity contribution in [2.24, 2.45) is 0 Å². The number of benzene rings is 1. The first kappa shape index (κ1) is 28.6. The van der Waals surface area contributed by atoms with Crippen LogP contribution in [-0.4, -0.2) is 74.9 Å². The Morgan fingerprint density at radius 1 is 0.722 bits per heavy atom. The van der Waals surface area contributed by atoms with Gasteiger partial charge in [0.2, 0.25) is 0 Å². The van der Waals surface area contributed by atoms with E-state index in [0.29, 0.717) is 0 Å². The van der Waals surface area contributed by atoms with E-state index in [-0.39, 0.29) is 35.0 Å². The molecule has 0 bridgehead atoms. The quantitative estimate of drug-likeness (QED) is 0.270. The van der Waals surface area contributed by atoms with Crippen molar-refractivity contribution in [1.29, 1.82) is 0 Å². The van der Waals surface area contributed by atoms with Crippen LogP contribution in [0.3, 0.4) is 0 Å². The van der Waals surface area contributed by atoms with E-state index in [2.05, 4.69) is 0 Å². The molecular weight excluding hydrogens is 480 g/mol. The van der Waals surface area contributed by atoms with Gasteiger partial charge in [-0.2, -0.15) is 0 Å². The molecule has 0 unspecified atom stereocenters. The summed E-state index contributed by atoms with van der Waals surface area (Å²) < 4.78 is 38.4. The van der Waals surface area contributed by atoms with E-state index in [0.717, 1.165) is 20.8 Å². The number of rotatable bonds is 9. The molecule has 1 heterocycles. The topological polar surface area (TPSA) is 150 Å². The van der Waals surface area contributed by atoms with E-state index >= 15 is 0 Å². The molecule has 1 aliphatic rings. The SMILES string of the molecule is COc1cc(OC)c([C@@H]2O[C@H](COC(C)=O)[C@@H](OC(C)=O)[C@H](OC(C)=O)[C@H]2OC(C)=O)cc1C(C)=O. The van der Waals surface area contributed by atoms with E-state index < -0.39 is 54.4 Å². The summed E-state index contributed by atoms with van der Waals surface area (Å²) in [6.07, 6.45) is -6.35. The van der Waals surface area contributed by atoms with E-state index in [9.17, 15) is 24.0 Å². The lowest BCUT2D eigenvalue weighted by Crippen LogP contribution is -2.59. The Morgan fingerprint density at radius 3 is 1.72 bits per heavy atom. The smallest absolute Gasteiger partial charge is 0.303 e. The highest BCUT2D eigenvalue weighted by molar-refractivity contribution is 5.97. The largest absolute Gasteiger partial charge is 0.496 e. The summed E-state index contributed by atoms with van der Waals surface area (Å²) in [5.74, 6) is -2.77. The van der Waals surface area contributed by atoms with Crippen LogP contribution in [0, 0.1) is 0 Å². The molecule has 12 heteroatoms. The van der Waals surface area contributed by atoms with Crippen molar-refractivity contribution in [2.75, 3.05) is 20.8 Å². The van der Waals surface area contributed by atoms with Crippen molar-refractivity contribution in [3.05, 3.63) is 23.3 Å². The molecule has 1 aliphatic heterocycles. The van der Waals surface area contributed by atoms with Crippen molar-refractivity contribution in [2.45, 2.75) is 65.1 Å². The molecule has 0 amide bonds. The predicted octanol–water partition coefficient (Wildman–Crippen LogP) is 1.70. The van der Waals surface area contributed by atoms with E-state index in [1.807, 2.05) is 0 Å². The van der Waals surface area contributed by atoms with Gasteiger partial charge in [-0.25, -0.2) is 0 Å². The van der Waals surface area contributed by atoms with E-state index in [1.54, 1.807) is 0 Å². The molecule has 1 fully saturated rings. The Labute approximate surface area is 208 Å². The van der Waals surface area contributed by atoms with Gasteiger partial charge in [-0.1, -0.05) is 0 Å². The van der Waals surface area contributed by atoms with Crippen molar-refractivity contribution < 1.29 is 57.1 Å². The lowest BCUT2D eigenvalue weighted by molar-refractivity contribution is -0.254. The summed E-state index contributed by atoms with van der Waals surface area (Å²) in [7, 11) is 2.76. The molecule has 1 aromatic carbocycles. The standard InChI is InChI=1S/C24H30O12/c1-11(25)16-8-17(19(31-7)9-18(16)30-6)21-23(34-14(4)28)24(35-15(5)29)22(33-13(3)27)20(36-21)10-32-12(2)26/h8-9,20-24H,10H2,1-7H3/t20-,21+,22-,23+,24+/m1/s1. The molecule has 5 atom stereocenters. The van der Waals surface area contributed by atoms with Gasteiger partial charge in [0.15, 0.2) is 24.1 Å². The molecule has 12 nitrogen and oxygen atoms in total. The predicted molar refractivity (Wildman–Crippen MR) is 120 cm³/mol. The number of carbonyl (C=O) groups is 5. The van der Waals surface area contributed by atoms with Crippen molar-refractivity contribution in [3.8, 4) is 11.5 Å². The van der Waals surface area contributed by atoms with Crippen LogP contribution in [0.15, 0.2) is 12.1 Å². The number of hydrogen-bond donors (Lipinski definition) is 0. The summed E-state index contributed by atoms with van der Waals surface area (Å²) >= 11 is 0. The maximum absolute atomic E-state index is 12.3. The molecule has 2 rings (SSSR count). The van der Waals surface area contributed by atoms with Gasteiger partial charge in [0.1, 0.15) is 30.3 Å². The molecule has 0 N–H and O–H groups in total. The highest BCUT2D eigenvalue weighted by Gasteiger charge is 2.53. The van der Waals surface area contributed by atoms with Gasteiger partial charge in [0.05, 0.1) is 19.8 Å². The molecule has 0 aliphatic carbocycles. The molecule has 1 saturated heterocycles. The third kappa shape index (κ3) is 6.94. The average Bonchev–Trinajstić information content (AvgIpc) is 2.78. The molecular formula is C24H30O12. The molecule has 36 heavy (non-hydrogen) atoms. The van der Waals surface area contributed by atoms with Crippen LogP contribution in [0.5, 0.6) is 11.5 Å². The van der Waals surface area contributed by atoms with Gasteiger partial charge >= 0.3 is 23.9 Å². The van der Waals surface area contributed by atoms with Gasteiger partial charge in [0, 0.05) is 39.3 Å². The number of carbonyl (C=O) groups excluding carboxylic acids is 5. The summed E-state index contributed by atoms with van der Waals surface area (Å²) in [5, 5.41) is 0. The Kier molecular flexibility index (Phi) is 9.79. The van der Waals surface area contributed by atoms with Crippen molar-refractivity contribution >= 4 is 29.7 Å². The fraction of sp³-hybridized carbons (Fsp3) is 0.542. The van der Waals surface area contributed by atoms with Crippen molar-refractivity contribution in [3.63, 3.8) is 0 Å². The molecule has 0 aromatic heterocycles. The van der Waals surface area contributed by atoms with Crippen LogP contribution < -0.4 is 9.47 Å². The normalized spacial score (nSPS) is 23.1. The van der Waals surface area contributed by atoms with Crippen LogP contribution in [-0.2, 0) is 42.9 Å². The minimum absolute atomic E-state index is 0.182. The molecule has 0 radical (unpaired) electrons. The third-order valence-corrected chi connectivity index (χ3v) is 5.23. The number of Topliss-reactive ketones (excluding diaryl/α,β-unsaturated/α-hetero) is 1. The number of ketones is 1. The summed E-state index contributed by atoms with van der Waals surface area (Å²) in [5.41, 5.74) is 0.433. The zero-order valence-corrected chi connectivity index (χ0v) is 21.1. The number of methoxy groups -OCH3 is 2. The average molecular weight is 510 g/mol. The second-order valence-electron chi connectivity index (χ2n) is 7.97. The maximum Gasteiger partial charge on any atom is 0.303 e. The summed E-state index contributed by atoms with van der Waals surface area (Å²) in [4.78, 5) is 59.8. The summed E-state index contributed by atoms with van der Waals surface area (Å²) in [6.45, 7) is 5.53. The zero-order chi connectivity index (χ0) is 27.2. The van der Waals surface area contributed by atoms with Crippen LogP contribution in [0.2, 0.25) is 0 Å². The Morgan fingerprint density at radius 2 is 1.25 bits per heavy atom. The lowest BCUT2D eigenvalue weighted by Gasteiger charge is -2.44. The second-order valence-corrected chi connectivity index (χ2v) is 7.97. The highest BCUT2D eigenvalue weighted by atomic mass is 16.7. The van der Waals surface area contributed by atoms with Gasteiger partial charge in [-0.3, -0.25) is 24.0 Å². The van der Waals surface area contributed by atoms with Crippen LogP contribution in [0.1, 0.15) is 56.6 Å². The van der Waals surface area contributed by atoms with Gasteiger partial charge < -0.3 is 33.2 Å². The van der Waals surface area contributed by atoms with E-state index in [1.165, 1.54) is 40.2 Å². The Hall–Kier alpha value is -3.67. The molecule has 0 saturated carbocycles. The first-order chi connectivity index (χ1) is 16.9. The fourth-order valence-electron chi connectivity index (χ4n) is 3.90. The van der Waals surface area contributed by atoms with Gasteiger partial charge in [-0.05, 0) is 13.0 Å². The lowest BCUT2D eigenvalue weighted by atomic mass is 9.89. The highest BCUT2D eigenvalue weighted by Crippen LogP contribution is 2.43. The molecule has 1 aromatic rings. The molecule has 0 spiro atoms. The Bertz CT molecular complexity index is 1020. The number of hydrogen-bond acceptors (Lipinski definition) is 12. The fourth-order valence-corrected chi connectivity index (χ4v) is 3.90. The van der Waals surface area contributed by atoms with Crippen LogP contribution in [0.25, 0.3) is 0 Å². The van der Waals surface area contributed by atoms with E-state index in [4.69, 9.17) is 33.2 Å². The van der Waals surface area contributed by atoms with Crippen molar-refractivity contribution in [1.82, 2.24) is 0 Å². The minimum atomic E-state index is -1.36. The number of esters is 4. The third-order valence-electron chi connectivity index (χ3n) is 5.23. The Balaban J connectivity index is 2.76. The maximum atomic E-state index is 12.3. The minimum Gasteiger partial charge on any atom is -0.496 e. The van der Waals surface area contributed by atoms with Gasteiger partial charge in [-0.15, -0.1) is 0 Å². The van der Waals surface area contributed by atoms with Crippen LogP contribution >= 0.6 is 0 Å². The zero-order valence-electron chi connectivity index (χ0n) is 21.1. The monoisotopic (exact) mass is 510 g/mol. The molecule has 198 valence electrons. The van der Waals surface area contributed by atoms with Crippen LogP contribution in [0.4, 0.5) is 0 Å². The first-order valence-electron chi connectivity index (χ1n) is 11.0.